The van der Waals surface area contributed by atoms with Crippen molar-refractivity contribution in [2.45, 2.75) is 39.0 Å². The van der Waals surface area contributed by atoms with Gasteiger partial charge in [-0.3, -0.25) is 19.7 Å². The fraction of sp³-hybridized carbons (Fsp3) is 0.429. The van der Waals surface area contributed by atoms with Crippen LogP contribution in [0.4, 0.5) is 24.5 Å². The lowest BCUT2D eigenvalue weighted by molar-refractivity contribution is -0.385. The van der Waals surface area contributed by atoms with Gasteiger partial charge in [-0.2, -0.15) is 13.2 Å². The topological polar surface area (TPSA) is 98.5 Å². The fourth-order valence-electron chi connectivity index (χ4n) is 1.74. The average Bonchev–Trinajstić information content (AvgIpc) is 2.46. The van der Waals surface area contributed by atoms with Crippen molar-refractivity contribution in [1.82, 2.24) is 0 Å². The highest BCUT2D eigenvalue weighted by atomic mass is 19.4. The van der Waals surface area contributed by atoms with Crippen LogP contribution in [0.1, 0.15) is 32.3 Å². The number of nitrogens with zero attached hydrogens (tertiary/aromatic N) is 1. The molecule has 1 rings (SSSR count). The summed E-state index contributed by atoms with van der Waals surface area (Å²) < 4.78 is 43.8. The summed E-state index contributed by atoms with van der Waals surface area (Å²) in [5, 5.41) is 12.6. The van der Waals surface area contributed by atoms with E-state index in [1.165, 1.54) is 6.92 Å². The van der Waals surface area contributed by atoms with Gasteiger partial charge >= 0.3 is 12.1 Å². The Morgan fingerprint density at radius 3 is 2.50 bits per heavy atom. The van der Waals surface area contributed by atoms with Crippen molar-refractivity contribution in [3.05, 3.63) is 33.9 Å². The summed E-state index contributed by atoms with van der Waals surface area (Å²) in [6.07, 6.45) is -5.65. The number of amides is 1. The van der Waals surface area contributed by atoms with Gasteiger partial charge < -0.3 is 10.1 Å². The molecule has 0 aliphatic heterocycles. The van der Waals surface area contributed by atoms with E-state index in [4.69, 9.17) is 4.74 Å². The van der Waals surface area contributed by atoms with Gasteiger partial charge in [0.25, 0.3) is 11.6 Å². The fourth-order valence-corrected chi connectivity index (χ4v) is 1.74. The van der Waals surface area contributed by atoms with Crippen LogP contribution in [0.15, 0.2) is 18.2 Å². The van der Waals surface area contributed by atoms with E-state index >= 15 is 0 Å². The minimum Gasteiger partial charge on any atom is -0.453 e. The summed E-state index contributed by atoms with van der Waals surface area (Å²) in [6.45, 7) is 2.93. The number of hydrogen-bond donors (Lipinski definition) is 1. The van der Waals surface area contributed by atoms with Gasteiger partial charge in [0.1, 0.15) is 0 Å². The number of anilines is 1. The number of nitro benzene ring substituents is 1. The number of esters is 1. The minimum atomic E-state index is -4.91. The predicted octanol–water partition coefficient (Wildman–Crippen LogP) is 3.28. The number of ether oxygens (including phenoxy) is 1. The molecule has 0 radical (unpaired) electrons. The molecule has 0 aliphatic rings. The van der Waals surface area contributed by atoms with Gasteiger partial charge in [-0.05, 0) is 19.4 Å². The highest BCUT2D eigenvalue weighted by molar-refractivity contribution is 5.95. The number of benzene rings is 1. The monoisotopic (exact) mass is 348 g/mol. The van der Waals surface area contributed by atoms with Crippen molar-refractivity contribution in [2.75, 3.05) is 5.32 Å². The van der Waals surface area contributed by atoms with E-state index in [1.54, 1.807) is 6.92 Å². The smallest absolute Gasteiger partial charge is 0.418 e. The lowest BCUT2D eigenvalue weighted by Gasteiger charge is -2.16. The van der Waals surface area contributed by atoms with Crippen LogP contribution in [0, 0.1) is 10.1 Å². The van der Waals surface area contributed by atoms with Crippen molar-refractivity contribution in [3.8, 4) is 0 Å². The lowest BCUT2D eigenvalue weighted by atomic mass is 10.1. The van der Waals surface area contributed by atoms with E-state index in [1.807, 2.05) is 5.32 Å². The molecule has 0 spiro atoms. The molecule has 1 atom stereocenters. The van der Waals surface area contributed by atoms with Crippen LogP contribution in [0.5, 0.6) is 0 Å². The second-order valence-electron chi connectivity index (χ2n) is 4.86. The third-order valence-electron chi connectivity index (χ3n) is 2.91. The van der Waals surface area contributed by atoms with E-state index in [0.717, 1.165) is 12.1 Å². The quantitative estimate of drug-likeness (QED) is 0.483. The van der Waals surface area contributed by atoms with Crippen LogP contribution in [0.25, 0.3) is 0 Å². The van der Waals surface area contributed by atoms with Crippen molar-refractivity contribution in [2.24, 2.45) is 0 Å². The first-order valence-corrected chi connectivity index (χ1v) is 6.92. The normalized spacial score (nSPS) is 12.4. The van der Waals surface area contributed by atoms with Gasteiger partial charge in [-0.15, -0.1) is 0 Å². The van der Waals surface area contributed by atoms with Crippen LogP contribution < -0.4 is 5.32 Å². The molecule has 0 heterocycles. The minimum absolute atomic E-state index is 0.0724. The molecule has 1 amide bonds. The van der Waals surface area contributed by atoms with E-state index < -0.39 is 46.0 Å². The molecule has 0 bridgehead atoms. The molecule has 1 aromatic rings. The van der Waals surface area contributed by atoms with E-state index in [0.29, 0.717) is 12.5 Å². The molecule has 0 saturated heterocycles. The summed E-state index contributed by atoms with van der Waals surface area (Å²) in [6, 6.07) is 1.93. The first kappa shape index (κ1) is 19.4. The number of carbonyl (C=O) groups excluding carboxylic acids is 2. The molecule has 24 heavy (non-hydrogen) atoms. The molecular formula is C14H15F3N2O5. The molecule has 1 aromatic carbocycles. The van der Waals surface area contributed by atoms with E-state index in [-0.39, 0.29) is 6.42 Å². The number of nitro groups is 1. The Morgan fingerprint density at radius 2 is 2.00 bits per heavy atom. The van der Waals surface area contributed by atoms with Gasteiger partial charge in [0.2, 0.25) is 0 Å². The maximum Gasteiger partial charge on any atom is 0.418 e. The number of halogens is 3. The summed E-state index contributed by atoms with van der Waals surface area (Å²) in [4.78, 5) is 32.8. The molecule has 0 unspecified atom stereocenters. The molecule has 0 aromatic heterocycles. The summed E-state index contributed by atoms with van der Waals surface area (Å²) >= 11 is 0. The zero-order valence-corrected chi connectivity index (χ0v) is 12.8. The maximum absolute atomic E-state index is 13.0. The summed E-state index contributed by atoms with van der Waals surface area (Å²) in [5.41, 5.74) is -2.78. The number of carbonyl (C=O) groups is 2. The maximum atomic E-state index is 13.0. The van der Waals surface area contributed by atoms with Crippen LogP contribution in [-0.2, 0) is 20.5 Å². The van der Waals surface area contributed by atoms with Gasteiger partial charge in [0.15, 0.2) is 6.10 Å². The first-order valence-electron chi connectivity index (χ1n) is 6.92. The molecule has 0 fully saturated rings. The molecule has 0 aliphatic carbocycles. The lowest BCUT2D eigenvalue weighted by Crippen LogP contribution is -2.30. The Hall–Kier alpha value is -2.65. The largest absolute Gasteiger partial charge is 0.453 e. The average molecular weight is 348 g/mol. The first-order chi connectivity index (χ1) is 11.1. The van der Waals surface area contributed by atoms with Crippen molar-refractivity contribution >= 4 is 23.3 Å². The Morgan fingerprint density at radius 1 is 1.38 bits per heavy atom. The molecular weight excluding hydrogens is 333 g/mol. The van der Waals surface area contributed by atoms with Gasteiger partial charge in [-0.1, -0.05) is 6.92 Å². The highest BCUT2D eigenvalue weighted by Crippen LogP contribution is 2.37. The molecule has 0 saturated carbocycles. The van der Waals surface area contributed by atoms with Crippen molar-refractivity contribution in [1.29, 1.82) is 0 Å². The summed E-state index contributed by atoms with van der Waals surface area (Å²) in [7, 11) is 0. The summed E-state index contributed by atoms with van der Waals surface area (Å²) in [5.74, 6) is -1.63. The third-order valence-corrected chi connectivity index (χ3v) is 2.91. The number of alkyl halides is 3. The van der Waals surface area contributed by atoms with Crippen molar-refractivity contribution < 1.29 is 32.4 Å². The number of non-ortho nitro benzene ring substituents is 1. The van der Waals surface area contributed by atoms with Crippen LogP contribution >= 0.6 is 0 Å². The molecule has 1 N–H and O–H groups in total. The van der Waals surface area contributed by atoms with Gasteiger partial charge in [0, 0.05) is 18.6 Å². The van der Waals surface area contributed by atoms with Gasteiger partial charge in [0.05, 0.1) is 16.2 Å². The second kappa shape index (κ2) is 7.75. The zero-order valence-electron chi connectivity index (χ0n) is 12.8. The van der Waals surface area contributed by atoms with Crippen molar-refractivity contribution in [3.63, 3.8) is 0 Å². The van der Waals surface area contributed by atoms with Crippen LogP contribution in [-0.4, -0.2) is 22.9 Å². The third kappa shape index (κ3) is 5.21. The Labute approximate surface area is 134 Å². The second-order valence-corrected chi connectivity index (χ2v) is 4.86. The van der Waals surface area contributed by atoms with Crippen LogP contribution in [0.2, 0.25) is 0 Å². The zero-order chi connectivity index (χ0) is 18.5. The van der Waals surface area contributed by atoms with Gasteiger partial charge in [-0.25, -0.2) is 0 Å². The number of hydrogen-bond acceptors (Lipinski definition) is 5. The Balaban J connectivity index is 2.99. The molecule has 132 valence electrons. The predicted molar refractivity (Wildman–Crippen MR) is 77.2 cm³/mol. The standard InChI is InChI=1S/C14H15F3N2O5/c1-3-4-12(20)24-8(2)13(21)18-11-6-5-9(19(22)23)7-10(11)14(15,16)17/h5-8H,3-4H2,1-2H3,(H,18,21)/t8-/m1/s1. The van der Waals surface area contributed by atoms with E-state index in [9.17, 15) is 32.9 Å². The number of nitrogens with one attached hydrogen (secondary N) is 1. The molecule has 7 nitrogen and oxygen atoms in total. The van der Waals surface area contributed by atoms with Crippen LogP contribution in [0.3, 0.4) is 0 Å². The van der Waals surface area contributed by atoms with E-state index in [2.05, 4.69) is 0 Å². The Kier molecular flexibility index (Phi) is 6.27. The SMILES string of the molecule is CCCC(=O)O[C@H](C)C(=O)Nc1ccc([N+](=O)[O-])cc1C(F)(F)F. The molecule has 10 heteroatoms. The highest BCUT2D eigenvalue weighted by Gasteiger charge is 2.36. The number of rotatable bonds is 6. The Bertz CT molecular complexity index is 646.